The van der Waals surface area contributed by atoms with E-state index in [-0.39, 0.29) is 35.8 Å². The van der Waals surface area contributed by atoms with Crippen LogP contribution in [0.25, 0.3) is 0 Å². The largest absolute Gasteiger partial charge is 0.364 e. The zero-order chi connectivity index (χ0) is 26.5. The van der Waals surface area contributed by atoms with E-state index in [1.807, 2.05) is 0 Å². The molecule has 1 heterocycles. The van der Waals surface area contributed by atoms with Gasteiger partial charge in [0.05, 0.1) is 17.1 Å². The zero-order valence-corrected chi connectivity index (χ0v) is 20.5. The number of amides is 2. The molecule has 8 nitrogen and oxygen atoms in total. The van der Waals surface area contributed by atoms with Crippen molar-refractivity contribution in [2.24, 2.45) is 0 Å². The molecule has 0 spiro atoms. The number of carbonyl (C=O) groups is 2. The number of benzene rings is 3. The number of nitrogens with one attached hydrogen (secondary N) is 1. The fourth-order valence-corrected chi connectivity index (χ4v) is 4.95. The van der Waals surface area contributed by atoms with Crippen molar-refractivity contribution in [1.29, 1.82) is 0 Å². The van der Waals surface area contributed by atoms with E-state index in [9.17, 15) is 26.8 Å². The van der Waals surface area contributed by atoms with Crippen LogP contribution in [0.1, 0.15) is 23.2 Å². The Bertz CT molecular complexity index is 1330. The normalized spacial score (nSPS) is 15.0. The number of sulfonamides is 1. The number of nitrogens with zero attached hydrogens (tertiary/aromatic N) is 2. The fraction of sp³-hybridized carbons (Fsp3) is 0.231. The highest BCUT2D eigenvalue weighted by molar-refractivity contribution is 7.92. The third kappa shape index (κ3) is 6.42. The predicted molar refractivity (Wildman–Crippen MR) is 133 cm³/mol. The molecule has 0 aliphatic carbocycles. The van der Waals surface area contributed by atoms with Crippen LogP contribution in [-0.2, 0) is 14.8 Å². The number of hydrogen-bond donors (Lipinski definition) is 1. The van der Waals surface area contributed by atoms with Gasteiger partial charge in [-0.2, -0.15) is 8.42 Å². The maximum atomic E-state index is 13.5. The second kappa shape index (κ2) is 11.0. The quantitative estimate of drug-likeness (QED) is 0.447. The molecule has 194 valence electrons. The van der Waals surface area contributed by atoms with Crippen LogP contribution in [0.3, 0.4) is 0 Å². The van der Waals surface area contributed by atoms with Crippen LogP contribution in [0.4, 0.5) is 14.5 Å². The Morgan fingerprint density at radius 2 is 1.46 bits per heavy atom. The van der Waals surface area contributed by atoms with Crippen LogP contribution in [0.2, 0.25) is 0 Å². The molecule has 0 aromatic heterocycles. The molecule has 4 rings (SSSR count). The van der Waals surface area contributed by atoms with Gasteiger partial charge in [0, 0.05) is 31.5 Å². The summed E-state index contributed by atoms with van der Waals surface area (Å²) < 4.78 is 54.3. The van der Waals surface area contributed by atoms with Crippen molar-refractivity contribution < 1.29 is 31.6 Å². The Labute approximate surface area is 213 Å². The Morgan fingerprint density at radius 3 is 2.05 bits per heavy atom. The van der Waals surface area contributed by atoms with Gasteiger partial charge in [-0.3, -0.25) is 9.59 Å². The van der Waals surface area contributed by atoms with Crippen LogP contribution in [0.15, 0.2) is 89.8 Å². The first-order chi connectivity index (χ1) is 17.7. The minimum absolute atomic E-state index is 0.0722. The minimum Gasteiger partial charge on any atom is -0.364 e. The number of likely N-dealkylation sites (tertiary alicyclic amines) is 1. The summed E-state index contributed by atoms with van der Waals surface area (Å²) in [6, 6.07) is 21.9. The molecule has 1 aliphatic heterocycles. The third-order valence-corrected chi connectivity index (χ3v) is 7.37. The standard InChI is InChI=1S/C26H25F2N3O5S/c27-26(28)15-17-30(18-16-26)24(32)19-29-25(33)20-11-13-23(14-12-20)37(34,35)31(21-7-3-1-4-8-21)36-22-9-5-2-6-10-22/h1-14H,15-19H2,(H,29,33). The van der Waals surface area contributed by atoms with Crippen molar-refractivity contribution in [1.82, 2.24) is 10.2 Å². The highest BCUT2D eigenvalue weighted by Gasteiger charge is 2.35. The minimum atomic E-state index is -4.19. The molecule has 37 heavy (non-hydrogen) atoms. The van der Waals surface area contributed by atoms with E-state index in [0.717, 1.165) is 4.47 Å². The van der Waals surface area contributed by atoms with Crippen LogP contribution in [0, 0.1) is 0 Å². The molecular formula is C26H25F2N3O5S. The third-order valence-electron chi connectivity index (χ3n) is 5.78. The maximum Gasteiger partial charge on any atom is 0.295 e. The summed E-state index contributed by atoms with van der Waals surface area (Å²) >= 11 is 0. The fourth-order valence-electron chi connectivity index (χ4n) is 3.69. The summed E-state index contributed by atoms with van der Waals surface area (Å²) in [5.41, 5.74) is 0.411. The van der Waals surface area contributed by atoms with E-state index >= 15 is 0 Å². The Balaban J connectivity index is 1.45. The molecule has 11 heteroatoms. The number of carbonyl (C=O) groups excluding carboxylic acids is 2. The Morgan fingerprint density at radius 1 is 0.892 bits per heavy atom. The van der Waals surface area contributed by atoms with E-state index < -0.39 is 40.6 Å². The van der Waals surface area contributed by atoms with Gasteiger partial charge >= 0.3 is 0 Å². The van der Waals surface area contributed by atoms with Crippen LogP contribution >= 0.6 is 0 Å². The van der Waals surface area contributed by atoms with Gasteiger partial charge in [0.1, 0.15) is 0 Å². The Hall–Kier alpha value is -3.99. The van der Waals surface area contributed by atoms with E-state index in [1.54, 1.807) is 60.7 Å². The second-order valence-electron chi connectivity index (χ2n) is 8.42. The highest BCUT2D eigenvalue weighted by atomic mass is 32.2. The van der Waals surface area contributed by atoms with Crippen molar-refractivity contribution in [3.05, 3.63) is 90.5 Å². The molecule has 0 saturated carbocycles. The lowest BCUT2D eigenvalue weighted by Crippen LogP contribution is -2.46. The van der Waals surface area contributed by atoms with Crippen LogP contribution in [-0.4, -0.2) is 50.7 Å². The number of hydrogen-bond acceptors (Lipinski definition) is 5. The van der Waals surface area contributed by atoms with Gasteiger partial charge in [-0.25, -0.2) is 8.78 Å². The first-order valence-corrected chi connectivity index (χ1v) is 13.0. The molecule has 2 amide bonds. The van der Waals surface area contributed by atoms with Gasteiger partial charge in [0.2, 0.25) is 5.91 Å². The molecule has 1 N–H and O–H groups in total. The molecule has 0 radical (unpaired) electrons. The van der Waals surface area contributed by atoms with Gasteiger partial charge in [-0.1, -0.05) is 40.9 Å². The van der Waals surface area contributed by atoms with Gasteiger partial charge < -0.3 is 15.1 Å². The first kappa shape index (κ1) is 26.1. The van der Waals surface area contributed by atoms with Crippen molar-refractivity contribution in [3.8, 4) is 5.75 Å². The number of anilines is 1. The second-order valence-corrected chi connectivity index (χ2v) is 10.2. The molecule has 3 aromatic carbocycles. The smallest absolute Gasteiger partial charge is 0.295 e. The molecular weight excluding hydrogens is 504 g/mol. The molecule has 3 aromatic rings. The lowest BCUT2D eigenvalue weighted by Gasteiger charge is -2.31. The molecule has 0 atom stereocenters. The number of halogens is 2. The molecule has 1 aliphatic rings. The molecule has 1 fully saturated rings. The van der Waals surface area contributed by atoms with Crippen molar-refractivity contribution in [2.75, 3.05) is 24.1 Å². The molecule has 0 unspecified atom stereocenters. The summed E-state index contributed by atoms with van der Waals surface area (Å²) in [5, 5.41) is 2.45. The van der Waals surface area contributed by atoms with Crippen LogP contribution in [0.5, 0.6) is 5.75 Å². The number of piperidine rings is 1. The average Bonchev–Trinajstić information content (AvgIpc) is 2.91. The number of alkyl halides is 2. The van der Waals surface area contributed by atoms with Crippen molar-refractivity contribution in [3.63, 3.8) is 0 Å². The first-order valence-electron chi connectivity index (χ1n) is 11.5. The molecule has 0 bridgehead atoms. The van der Waals surface area contributed by atoms with E-state index in [4.69, 9.17) is 4.84 Å². The zero-order valence-electron chi connectivity index (χ0n) is 19.7. The van der Waals surface area contributed by atoms with Crippen molar-refractivity contribution in [2.45, 2.75) is 23.7 Å². The summed E-state index contributed by atoms with van der Waals surface area (Å²) in [7, 11) is -4.19. The van der Waals surface area contributed by atoms with Gasteiger partial charge in [-0.05, 0) is 48.5 Å². The van der Waals surface area contributed by atoms with Crippen LogP contribution < -0.4 is 14.6 Å². The topological polar surface area (TPSA) is 96.0 Å². The predicted octanol–water partition coefficient (Wildman–Crippen LogP) is 3.86. The SMILES string of the molecule is O=C(NCC(=O)N1CCC(F)(F)CC1)c1ccc(S(=O)(=O)N(Oc2ccccc2)c2ccccc2)cc1. The molecule has 1 saturated heterocycles. The summed E-state index contributed by atoms with van der Waals surface area (Å²) in [6.45, 7) is -0.494. The van der Waals surface area contributed by atoms with Gasteiger partial charge in [0.15, 0.2) is 5.75 Å². The lowest BCUT2D eigenvalue weighted by molar-refractivity contribution is -0.136. The van der Waals surface area contributed by atoms with Crippen molar-refractivity contribution >= 4 is 27.5 Å². The van der Waals surface area contributed by atoms with E-state index in [1.165, 1.54) is 29.2 Å². The lowest BCUT2D eigenvalue weighted by atomic mass is 10.1. The summed E-state index contributed by atoms with van der Waals surface area (Å²) in [4.78, 5) is 31.6. The van der Waals surface area contributed by atoms with E-state index in [2.05, 4.69) is 5.32 Å². The van der Waals surface area contributed by atoms with E-state index in [0.29, 0.717) is 5.75 Å². The number of rotatable bonds is 8. The monoisotopic (exact) mass is 529 g/mol. The Kier molecular flexibility index (Phi) is 7.72. The van der Waals surface area contributed by atoms with Gasteiger partial charge in [0.25, 0.3) is 21.9 Å². The van der Waals surface area contributed by atoms with Gasteiger partial charge in [-0.15, -0.1) is 0 Å². The number of para-hydroxylation sites is 2. The summed E-state index contributed by atoms with van der Waals surface area (Å²) in [6.07, 6.45) is -0.812. The highest BCUT2D eigenvalue weighted by Crippen LogP contribution is 2.28. The average molecular weight is 530 g/mol. The maximum absolute atomic E-state index is 13.5. The summed E-state index contributed by atoms with van der Waals surface area (Å²) in [5.74, 6) is -3.52.